The van der Waals surface area contributed by atoms with Crippen LogP contribution in [0.3, 0.4) is 0 Å². The van der Waals surface area contributed by atoms with Gasteiger partial charge < -0.3 is 5.73 Å². The summed E-state index contributed by atoms with van der Waals surface area (Å²) in [6, 6.07) is 0.217. The lowest BCUT2D eigenvalue weighted by molar-refractivity contribution is 0.777. The van der Waals surface area contributed by atoms with Crippen molar-refractivity contribution in [3.63, 3.8) is 0 Å². The minimum absolute atomic E-state index is 0.217. The zero-order valence-corrected chi connectivity index (χ0v) is 6.96. The first-order valence-corrected chi connectivity index (χ1v) is 3.56. The molecule has 0 bridgehead atoms. The molecule has 2 N–H and O–H groups in total. The van der Waals surface area contributed by atoms with E-state index in [1.807, 2.05) is 26.8 Å². The Hall–Kier alpha value is -0.630. The lowest BCUT2D eigenvalue weighted by Crippen LogP contribution is -2.17. The molecule has 0 aromatic heterocycles. The van der Waals surface area contributed by atoms with E-state index in [4.69, 9.17) is 5.73 Å². The SMILES string of the molecule is C/C=C\N=C(C)CC(C)N. The molecule has 0 heterocycles. The van der Waals surface area contributed by atoms with Crippen LogP contribution in [0.4, 0.5) is 0 Å². The molecule has 0 rings (SSSR count). The number of rotatable bonds is 3. The summed E-state index contributed by atoms with van der Waals surface area (Å²) in [6.07, 6.45) is 4.58. The van der Waals surface area contributed by atoms with Crippen LogP contribution in [-0.4, -0.2) is 11.8 Å². The van der Waals surface area contributed by atoms with E-state index in [2.05, 4.69) is 4.99 Å². The number of nitrogens with two attached hydrogens (primary N) is 1. The van der Waals surface area contributed by atoms with Gasteiger partial charge in [0.1, 0.15) is 0 Å². The predicted octanol–water partition coefficient (Wildman–Crippen LogP) is 1.72. The molecule has 10 heavy (non-hydrogen) atoms. The molecule has 1 unspecified atom stereocenters. The van der Waals surface area contributed by atoms with Gasteiger partial charge in [-0.25, -0.2) is 0 Å². The van der Waals surface area contributed by atoms with Crippen molar-refractivity contribution in [3.05, 3.63) is 12.3 Å². The third-order valence-electron chi connectivity index (χ3n) is 1.06. The lowest BCUT2D eigenvalue weighted by atomic mass is 10.2. The average molecular weight is 140 g/mol. The van der Waals surface area contributed by atoms with Gasteiger partial charge in [-0.2, -0.15) is 0 Å². The molecule has 0 aliphatic carbocycles. The number of hydrogen-bond acceptors (Lipinski definition) is 2. The van der Waals surface area contributed by atoms with E-state index in [0.717, 1.165) is 12.1 Å². The highest BCUT2D eigenvalue weighted by Crippen LogP contribution is 1.91. The summed E-state index contributed by atoms with van der Waals surface area (Å²) in [5.41, 5.74) is 6.65. The Kier molecular flexibility index (Phi) is 4.85. The zero-order valence-electron chi connectivity index (χ0n) is 6.96. The van der Waals surface area contributed by atoms with Crippen molar-refractivity contribution < 1.29 is 0 Å². The van der Waals surface area contributed by atoms with Crippen LogP contribution in [0, 0.1) is 0 Å². The Bertz CT molecular complexity index is 134. The molecule has 58 valence electrons. The van der Waals surface area contributed by atoms with Crippen molar-refractivity contribution in [1.29, 1.82) is 0 Å². The van der Waals surface area contributed by atoms with Crippen molar-refractivity contribution in [1.82, 2.24) is 0 Å². The summed E-state index contributed by atoms with van der Waals surface area (Å²) < 4.78 is 0. The summed E-state index contributed by atoms with van der Waals surface area (Å²) >= 11 is 0. The minimum atomic E-state index is 0.217. The normalized spacial score (nSPS) is 16.2. The highest BCUT2D eigenvalue weighted by Gasteiger charge is 1.94. The molecule has 0 aromatic carbocycles. The molecule has 0 amide bonds. The fourth-order valence-electron chi connectivity index (χ4n) is 0.720. The molecule has 0 radical (unpaired) electrons. The largest absolute Gasteiger partial charge is 0.328 e. The maximum atomic E-state index is 5.56. The molecule has 0 spiro atoms. The van der Waals surface area contributed by atoms with Crippen LogP contribution in [0.25, 0.3) is 0 Å². The summed E-state index contributed by atoms with van der Waals surface area (Å²) in [6.45, 7) is 5.92. The first-order chi connectivity index (χ1) is 4.66. The van der Waals surface area contributed by atoms with Crippen molar-refractivity contribution >= 4 is 5.71 Å². The summed E-state index contributed by atoms with van der Waals surface area (Å²) in [7, 11) is 0. The van der Waals surface area contributed by atoms with Crippen molar-refractivity contribution in [2.24, 2.45) is 10.7 Å². The number of nitrogens with zero attached hydrogens (tertiary/aromatic N) is 1. The van der Waals surface area contributed by atoms with E-state index in [1.54, 1.807) is 6.20 Å². The van der Waals surface area contributed by atoms with Gasteiger partial charge in [-0.3, -0.25) is 4.99 Å². The maximum absolute atomic E-state index is 5.56. The molecule has 0 aliphatic heterocycles. The Morgan fingerprint density at radius 2 is 2.30 bits per heavy atom. The lowest BCUT2D eigenvalue weighted by Gasteiger charge is -2.01. The van der Waals surface area contributed by atoms with E-state index < -0.39 is 0 Å². The van der Waals surface area contributed by atoms with Crippen LogP contribution in [0.1, 0.15) is 27.2 Å². The summed E-state index contributed by atoms with van der Waals surface area (Å²) in [5.74, 6) is 0. The van der Waals surface area contributed by atoms with Gasteiger partial charge in [-0.05, 0) is 20.8 Å². The molecule has 0 saturated heterocycles. The third kappa shape index (κ3) is 5.51. The first-order valence-electron chi connectivity index (χ1n) is 3.56. The Morgan fingerprint density at radius 3 is 2.70 bits per heavy atom. The fraction of sp³-hybridized carbons (Fsp3) is 0.625. The molecule has 2 nitrogen and oxygen atoms in total. The molecule has 0 aliphatic rings. The molecular weight excluding hydrogens is 124 g/mol. The predicted molar refractivity (Wildman–Crippen MR) is 46.2 cm³/mol. The topological polar surface area (TPSA) is 38.4 Å². The van der Waals surface area contributed by atoms with Crippen molar-refractivity contribution in [3.8, 4) is 0 Å². The second-order valence-electron chi connectivity index (χ2n) is 2.53. The maximum Gasteiger partial charge on any atom is 0.0224 e. The van der Waals surface area contributed by atoms with Gasteiger partial charge in [0, 0.05) is 24.4 Å². The van der Waals surface area contributed by atoms with E-state index in [0.29, 0.717) is 0 Å². The highest BCUT2D eigenvalue weighted by atomic mass is 14.7. The van der Waals surface area contributed by atoms with Gasteiger partial charge in [-0.15, -0.1) is 0 Å². The standard InChI is InChI=1S/C8H16N2/c1-4-5-10-8(3)6-7(2)9/h4-5,7H,6,9H2,1-3H3/b5-4-,10-8?. The molecule has 0 aromatic rings. The Labute approximate surface area is 62.8 Å². The second-order valence-corrected chi connectivity index (χ2v) is 2.53. The zero-order chi connectivity index (χ0) is 7.98. The van der Waals surface area contributed by atoms with Crippen molar-refractivity contribution in [2.75, 3.05) is 0 Å². The van der Waals surface area contributed by atoms with Crippen LogP contribution < -0.4 is 5.73 Å². The van der Waals surface area contributed by atoms with E-state index in [-0.39, 0.29) is 6.04 Å². The average Bonchev–Trinajstić information content (AvgIpc) is 1.82. The summed E-state index contributed by atoms with van der Waals surface area (Å²) in [5, 5.41) is 0. The molecule has 0 saturated carbocycles. The molecule has 2 heteroatoms. The molecule has 1 atom stereocenters. The van der Waals surface area contributed by atoms with Gasteiger partial charge in [0.15, 0.2) is 0 Å². The third-order valence-corrected chi connectivity index (χ3v) is 1.06. The van der Waals surface area contributed by atoms with E-state index in [1.165, 1.54) is 0 Å². The van der Waals surface area contributed by atoms with Gasteiger partial charge in [0.05, 0.1) is 0 Å². The van der Waals surface area contributed by atoms with Crippen molar-refractivity contribution in [2.45, 2.75) is 33.2 Å². The summed E-state index contributed by atoms with van der Waals surface area (Å²) in [4.78, 5) is 4.14. The first kappa shape index (κ1) is 9.37. The Balaban J connectivity index is 3.71. The monoisotopic (exact) mass is 140 g/mol. The highest BCUT2D eigenvalue weighted by molar-refractivity contribution is 5.82. The fourth-order valence-corrected chi connectivity index (χ4v) is 0.720. The Morgan fingerprint density at radius 1 is 1.70 bits per heavy atom. The quantitative estimate of drug-likeness (QED) is 0.595. The smallest absolute Gasteiger partial charge is 0.0224 e. The minimum Gasteiger partial charge on any atom is -0.328 e. The van der Waals surface area contributed by atoms with Crippen LogP contribution in [-0.2, 0) is 0 Å². The molecule has 0 fully saturated rings. The van der Waals surface area contributed by atoms with Gasteiger partial charge >= 0.3 is 0 Å². The van der Waals surface area contributed by atoms with E-state index in [9.17, 15) is 0 Å². The van der Waals surface area contributed by atoms with Gasteiger partial charge in [0.2, 0.25) is 0 Å². The van der Waals surface area contributed by atoms with Gasteiger partial charge in [-0.1, -0.05) is 6.08 Å². The van der Waals surface area contributed by atoms with Crippen LogP contribution in [0.5, 0.6) is 0 Å². The van der Waals surface area contributed by atoms with Crippen LogP contribution in [0.15, 0.2) is 17.3 Å². The van der Waals surface area contributed by atoms with E-state index >= 15 is 0 Å². The second kappa shape index (κ2) is 5.18. The number of hydrogen-bond donors (Lipinski definition) is 1. The van der Waals surface area contributed by atoms with Crippen LogP contribution in [0.2, 0.25) is 0 Å². The number of aliphatic imine (C=N–C) groups is 1. The number of allylic oxidation sites excluding steroid dienone is 1. The van der Waals surface area contributed by atoms with Gasteiger partial charge in [0.25, 0.3) is 0 Å². The molecular formula is C8H16N2. The van der Waals surface area contributed by atoms with Crippen LogP contribution >= 0.6 is 0 Å².